The van der Waals surface area contributed by atoms with Gasteiger partial charge in [-0.05, 0) is 0 Å². The molecule has 3 nitrogen and oxygen atoms in total. The van der Waals surface area contributed by atoms with Gasteiger partial charge in [-0.25, -0.2) is 0 Å². The van der Waals surface area contributed by atoms with Crippen molar-refractivity contribution in [2.45, 2.75) is 5.32 Å². The Kier molecular flexibility index (Phi) is 3.31. The van der Waals surface area contributed by atoms with Gasteiger partial charge in [-0.1, -0.05) is 0 Å². The van der Waals surface area contributed by atoms with Crippen LogP contribution in [0.15, 0.2) is 12.7 Å². The summed E-state index contributed by atoms with van der Waals surface area (Å²) in [5, 5.41) is 0.304. The Bertz CT molecular complexity index is 159. The molecule has 0 N–H and O–H groups in total. The Morgan fingerprint density at radius 1 is 1.75 bits per heavy atom. The van der Waals surface area contributed by atoms with Crippen molar-refractivity contribution in [3.05, 3.63) is 12.7 Å². The molecule has 0 aliphatic rings. The predicted octanol–water partition coefficient (Wildman–Crippen LogP) is -0.245. The first-order valence-corrected chi connectivity index (χ1v) is 6.41. The molecule has 0 saturated carbocycles. The van der Waals surface area contributed by atoms with Crippen LogP contribution >= 0.6 is 0 Å². The summed E-state index contributed by atoms with van der Waals surface area (Å²) < 4.78 is 29.4. The Balaban J connectivity index is 3.57. The molecule has 0 saturated heterocycles. The van der Waals surface area contributed by atoms with E-state index in [1.807, 2.05) is 0 Å². The molecule has 0 amide bonds. The topological polar surface area (TPSA) is 57.2 Å². The van der Waals surface area contributed by atoms with Gasteiger partial charge in [0.05, 0.1) is 0 Å². The Hall–Kier alpha value is 0.169. The average molecular weight is 200 g/mol. The van der Waals surface area contributed by atoms with E-state index >= 15 is 0 Å². The molecule has 5 heteroatoms. The van der Waals surface area contributed by atoms with E-state index in [1.165, 1.54) is 6.08 Å². The van der Waals surface area contributed by atoms with Gasteiger partial charge in [0, 0.05) is 0 Å². The van der Waals surface area contributed by atoms with Crippen molar-refractivity contribution in [2.75, 3.05) is 0 Å². The minimum absolute atomic E-state index is 0.304. The molecule has 0 spiro atoms. The summed E-state index contributed by atoms with van der Waals surface area (Å²) in [6, 6.07) is 0. The van der Waals surface area contributed by atoms with Gasteiger partial charge in [-0.3, -0.25) is 0 Å². The molecule has 48 valence electrons. The Labute approximate surface area is 53.8 Å². The number of hydrogen-bond acceptors (Lipinski definition) is 3. The van der Waals surface area contributed by atoms with Gasteiger partial charge in [0.25, 0.3) is 0 Å². The first kappa shape index (κ1) is 8.17. The summed E-state index contributed by atoms with van der Waals surface area (Å²) in [4.78, 5) is 0. The summed E-state index contributed by atoms with van der Waals surface area (Å²) in [5.74, 6) is 0. The van der Waals surface area contributed by atoms with E-state index in [0.717, 1.165) is 0 Å². The monoisotopic (exact) mass is 201 g/mol. The first-order chi connectivity index (χ1) is 3.56. The zero-order valence-electron chi connectivity index (χ0n) is 4.03. The third-order valence-electron chi connectivity index (χ3n) is 0.330. The van der Waals surface area contributed by atoms with Crippen LogP contribution in [-0.4, -0.2) is 26.8 Å². The summed E-state index contributed by atoms with van der Waals surface area (Å²) in [5.41, 5.74) is 0. The SMILES string of the molecule is C=CC[Se]S(=O)(=O)[O-]. The standard InChI is InChI=1S/C3H6O3SSe/c1-2-3-8-7(4,5)6/h2H,1,3H2,(H,4,5,6)/p-1. The predicted molar refractivity (Wildman–Crippen MR) is 30.5 cm³/mol. The Morgan fingerprint density at radius 2 is 2.25 bits per heavy atom. The number of hydrogen-bond donors (Lipinski definition) is 0. The van der Waals surface area contributed by atoms with Crippen LogP contribution in [0.4, 0.5) is 0 Å². The van der Waals surface area contributed by atoms with E-state index < -0.39 is 22.4 Å². The van der Waals surface area contributed by atoms with Crippen LogP contribution in [0.2, 0.25) is 5.32 Å². The van der Waals surface area contributed by atoms with E-state index in [9.17, 15) is 13.0 Å². The molecule has 0 radical (unpaired) electrons. The fourth-order valence-electron chi connectivity index (χ4n) is 0.131. The van der Waals surface area contributed by atoms with E-state index in [4.69, 9.17) is 0 Å². The number of rotatable bonds is 3. The first-order valence-electron chi connectivity index (χ1n) is 1.77. The second-order valence-electron chi connectivity index (χ2n) is 0.981. The van der Waals surface area contributed by atoms with Gasteiger partial charge in [0.1, 0.15) is 0 Å². The maximum atomic E-state index is 9.81. The average Bonchev–Trinajstić information content (AvgIpc) is 1.59. The van der Waals surface area contributed by atoms with Crippen LogP contribution in [-0.2, 0) is 8.54 Å². The molecule has 0 fully saturated rings. The summed E-state index contributed by atoms with van der Waals surface area (Å²) >= 11 is -0.839. The number of allylic oxidation sites excluding steroid dienone is 1. The fourth-order valence-corrected chi connectivity index (χ4v) is 2.05. The molecule has 0 aliphatic carbocycles. The van der Waals surface area contributed by atoms with Gasteiger partial charge in [0.15, 0.2) is 0 Å². The molecule has 0 aliphatic heterocycles. The zero-order valence-corrected chi connectivity index (χ0v) is 6.56. The summed E-state index contributed by atoms with van der Waals surface area (Å²) in [6.45, 7) is 3.28. The fraction of sp³-hybridized carbons (Fsp3) is 0.333. The molecule has 0 aromatic carbocycles. The molecule has 0 unspecified atom stereocenters. The minimum atomic E-state index is -3.95. The maximum absolute atomic E-state index is 9.81. The summed E-state index contributed by atoms with van der Waals surface area (Å²) in [7, 11) is -3.95. The van der Waals surface area contributed by atoms with Crippen molar-refractivity contribution < 1.29 is 13.0 Å². The molecule has 0 atom stereocenters. The normalized spacial score (nSPS) is 11.1. The molecule has 0 bridgehead atoms. The van der Waals surface area contributed by atoms with Crippen molar-refractivity contribution >= 4 is 22.4 Å². The Morgan fingerprint density at radius 3 is 2.38 bits per heavy atom. The van der Waals surface area contributed by atoms with Crippen LogP contribution in [0.5, 0.6) is 0 Å². The van der Waals surface area contributed by atoms with Gasteiger partial charge in [-0.2, -0.15) is 0 Å². The van der Waals surface area contributed by atoms with Crippen LogP contribution in [0.25, 0.3) is 0 Å². The molecule has 0 heterocycles. The van der Waals surface area contributed by atoms with Crippen molar-refractivity contribution in [3.63, 3.8) is 0 Å². The van der Waals surface area contributed by atoms with Crippen molar-refractivity contribution in [3.8, 4) is 0 Å². The van der Waals surface area contributed by atoms with E-state index in [0.29, 0.717) is 5.32 Å². The van der Waals surface area contributed by atoms with Crippen LogP contribution in [0.1, 0.15) is 0 Å². The van der Waals surface area contributed by atoms with E-state index in [1.54, 1.807) is 0 Å². The molecule has 0 rings (SSSR count). The van der Waals surface area contributed by atoms with Gasteiger partial charge >= 0.3 is 53.3 Å². The van der Waals surface area contributed by atoms with Crippen molar-refractivity contribution in [1.29, 1.82) is 0 Å². The molecule has 0 aromatic rings. The van der Waals surface area contributed by atoms with Gasteiger partial charge < -0.3 is 0 Å². The van der Waals surface area contributed by atoms with Crippen LogP contribution in [0.3, 0.4) is 0 Å². The second kappa shape index (κ2) is 3.25. The molecule has 8 heavy (non-hydrogen) atoms. The van der Waals surface area contributed by atoms with Crippen molar-refractivity contribution in [1.82, 2.24) is 0 Å². The van der Waals surface area contributed by atoms with Gasteiger partial charge in [-0.15, -0.1) is 0 Å². The molecule has 0 aromatic heterocycles. The van der Waals surface area contributed by atoms with Crippen molar-refractivity contribution in [2.24, 2.45) is 0 Å². The zero-order chi connectivity index (χ0) is 6.62. The van der Waals surface area contributed by atoms with E-state index in [-0.39, 0.29) is 0 Å². The van der Waals surface area contributed by atoms with Crippen LogP contribution < -0.4 is 0 Å². The van der Waals surface area contributed by atoms with Gasteiger partial charge in [0.2, 0.25) is 0 Å². The third kappa shape index (κ3) is 6.17. The van der Waals surface area contributed by atoms with Crippen LogP contribution in [0, 0.1) is 0 Å². The quantitative estimate of drug-likeness (QED) is 0.358. The van der Waals surface area contributed by atoms with E-state index in [2.05, 4.69) is 6.58 Å². The summed E-state index contributed by atoms with van der Waals surface area (Å²) in [6.07, 6.45) is 1.43. The molecular weight excluding hydrogens is 195 g/mol. The second-order valence-corrected chi connectivity index (χ2v) is 6.79. The molecular formula is C3H5O3SSe-. The third-order valence-corrected chi connectivity index (χ3v) is 3.92.